The van der Waals surface area contributed by atoms with E-state index < -0.39 is 11.9 Å². The summed E-state index contributed by atoms with van der Waals surface area (Å²) < 4.78 is 0. The first-order valence-electron chi connectivity index (χ1n) is 10.4. The fourth-order valence-electron chi connectivity index (χ4n) is 3.08. The second-order valence-corrected chi connectivity index (χ2v) is 7.37. The molecule has 2 rings (SSSR count). The third-order valence-electron chi connectivity index (χ3n) is 5.12. The average Bonchev–Trinajstić information content (AvgIpc) is 2.77. The summed E-state index contributed by atoms with van der Waals surface area (Å²) in [5, 5.41) is 5.96. The molecule has 0 spiro atoms. The molecule has 1 aromatic carbocycles. The molecule has 0 saturated heterocycles. The number of benzene rings is 1. The second kappa shape index (κ2) is 11.0. The molecule has 1 atom stereocenters. The molecular formula is C23H30N6O3. The molecule has 0 aliphatic rings. The summed E-state index contributed by atoms with van der Waals surface area (Å²) in [4.78, 5) is 45.9. The second-order valence-electron chi connectivity index (χ2n) is 7.37. The van der Waals surface area contributed by atoms with Crippen molar-refractivity contribution in [1.82, 2.24) is 20.2 Å². The number of nitrogens with zero attached hydrogens (tertiary/aromatic N) is 3. The highest BCUT2D eigenvalue weighted by Crippen LogP contribution is 2.20. The standard InChI is InChI=1S/C23H30N6O3/c1-6-18-14(3)26-22(20(28-18)21(24)31)27-17-10-8-9-16(13-17)11-12-25-23(32)15(4)29(5)19(30)7-2/h7-10,13,15H,2,6,11-12H2,1,3-5H3,(H2,24,31)(H,25,32)(H,26,27)/t15-/m0/s1. The smallest absolute Gasteiger partial charge is 0.271 e. The summed E-state index contributed by atoms with van der Waals surface area (Å²) in [6, 6.07) is 6.94. The molecule has 1 aromatic heterocycles. The van der Waals surface area contributed by atoms with Crippen molar-refractivity contribution < 1.29 is 14.4 Å². The number of carbonyl (C=O) groups is 3. The van der Waals surface area contributed by atoms with Crippen LogP contribution in [-0.2, 0) is 22.4 Å². The van der Waals surface area contributed by atoms with E-state index in [0.717, 1.165) is 22.6 Å². The largest absolute Gasteiger partial charge is 0.364 e. The minimum absolute atomic E-state index is 0.0947. The van der Waals surface area contributed by atoms with E-state index >= 15 is 0 Å². The van der Waals surface area contributed by atoms with Crippen LogP contribution >= 0.6 is 0 Å². The highest BCUT2D eigenvalue weighted by molar-refractivity contribution is 5.96. The Morgan fingerprint density at radius 3 is 2.62 bits per heavy atom. The van der Waals surface area contributed by atoms with Gasteiger partial charge in [-0.05, 0) is 50.5 Å². The maximum atomic E-state index is 12.3. The third kappa shape index (κ3) is 6.13. The van der Waals surface area contributed by atoms with Gasteiger partial charge in [0.25, 0.3) is 5.91 Å². The molecule has 9 heteroatoms. The Morgan fingerprint density at radius 2 is 2.00 bits per heavy atom. The van der Waals surface area contributed by atoms with Crippen LogP contribution in [0.2, 0.25) is 0 Å². The number of aromatic nitrogens is 2. The van der Waals surface area contributed by atoms with Crippen LogP contribution < -0.4 is 16.4 Å². The van der Waals surface area contributed by atoms with Crippen molar-refractivity contribution in [2.45, 2.75) is 39.7 Å². The zero-order valence-corrected chi connectivity index (χ0v) is 18.9. The first-order chi connectivity index (χ1) is 15.2. The zero-order valence-electron chi connectivity index (χ0n) is 18.9. The molecule has 0 fully saturated rings. The summed E-state index contributed by atoms with van der Waals surface area (Å²) >= 11 is 0. The lowest BCUT2D eigenvalue weighted by molar-refractivity contribution is -0.135. The Balaban J connectivity index is 2.05. The molecular weight excluding hydrogens is 408 g/mol. The molecule has 4 N–H and O–H groups in total. The van der Waals surface area contributed by atoms with Gasteiger partial charge in [-0.25, -0.2) is 9.97 Å². The molecule has 0 unspecified atom stereocenters. The summed E-state index contributed by atoms with van der Waals surface area (Å²) in [6.45, 7) is 9.26. The van der Waals surface area contributed by atoms with E-state index in [9.17, 15) is 14.4 Å². The number of aryl methyl sites for hydroxylation is 2. The number of rotatable bonds is 10. The maximum Gasteiger partial charge on any atom is 0.271 e. The predicted molar refractivity (Wildman–Crippen MR) is 124 cm³/mol. The number of anilines is 2. The molecule has 0 radical (unpaired) electrons. The minimum atomic E-state index is -0.650. The lowest BCUT2D eigenvalue weighted by Crippen LogP contribution is -2.45. The molecule has 170 valence electrons. The highest BCUT2D eigenvalue weighted by atomic mass is 16.2. The van der Waals surface area contributed by atoms with E-state index in [1.165, 1.54) is 11.0 Å². The SMILES string of the molecule is C=CC(=O)N(C)[C@@H](C)C(=O)NCCc1cccc(Nc2nc(C)c(CC)nc2C(N)=O)c1. The number of hydrogen-bond acceptors (Lipinski definition) is 6. The number of hydrogen-bond donors (Lipinski definition) is 3. The maximum absolute atomic E-state index is 12.3. The number of nitrogens with one attached hydrogen (secondary N) is 2. The van der Waals surface area contributed by atoms with Crippen LogP contribution in [0.1, 0.15) is 41.3 Å². The van der Waals surface area contributed by atoms with Crippen LogP contribution in [0.4, 0.5) is 11.5 Å². The van der Waals surface area contributed by atoms with Gasteiger partial charge in [0.2, 0.25) is 11.8 Å². The number of amides is 3. The quantitative estimate of drug-likeness (QED) is 0.486. The van der Waals surface area contributed by atoms with Gasteiger partial charge in [0.15, 0.2) is 11.5 Å². The van der Waals surface area contributed by atoms with Crippen LogP contribution in [0.15, 0.2) is 36.9 Å². The van der Waals surface area contributed by atoms with Gasteiger partial charge >= 0.3 is 0 Å². The van der Waals surface area contributed by atoms with E-state index in [-0.39, 0.29) is 17.5 Å². The van der Waals surface area contributed by atoms with Crippen LogP contribution in [-0.4, -0.2) is 52.2 Å². The lowest BCUT2D eigenvalue weighted by atomic mass is 10.1. The van der Waals surface area contributed by atoms with Crippen molar-refractivity contribution in [1.29, 1.82) is 0 Å². The van der Waals surface area contributed by atoms with Crippen molar-refractivity contribution in [2.24, 2.45) is 5.73 Å². The molecule has 2 aromatic rings. The summed E-state index contributed by atoms with van der Waals surface area (Å²) in [7, 11) is 1.56. The minimum Gasteiger partial charge on any atom is -0.364 e. The van der Waals surface area contributed by atoms with E-state index in [0.29, 0.717) is 25.2 Å². The molecule has 0 saturated carbocycles. The normalized spacial score (nSPS) is 11.4. The van der Waals surface area contributed by atoms with Crippen molar-refractivity contribution >= 4 is 29.2 Å². The summed E-state index contributed by atoms with van der Waals surface area (Å²) in [6.07, 6.45) is 2.40. The third-order valence-corrected chi connectivity index (χ3v) is 5.12. The first-order valence-corrected chi connectivity index (χ1v) is 10.4. The van der Waals surface area contributed by atoms with Crippen molar-refractivity contribution in [3.63, 3.8) is 0 Å². The van der Waals surface area contributed by atoms with Gasteiger partial charge in [0.05, 0.1) is 11.4 Å². The fraction of sp³-hybridized carbons (Fsp3) is 0.348. The van der Waals surface area contributed by atoms with Gasteiger partial charge in [-0.15, -0.1) is 0 Å². The van der Waals surface area contributed by atoms with Gasteiger partial charge in [-0.2, -0.15) is 0 Å². The van der Waals surface area contributed by atoms with Crippen LogP contribution in [0, 0.1) is 6.92 Å². The van der Waals surface area contributed by atoms with Crippen LogP contribution in [0.3, 0.4) is 0 Å². The van der Waals surface area contributed by atoms with E-state index in [2.05, 4.69) is 27.2 Å². The lowest BCUT2D eigenvalue weighted by Gasteiger charge is -2.22. The Hall–Kier alpha value is -3.75. The highest BCUT2D eigenvalue weighted by Gasteiger charge is 2.20. The molecule has 0 aliphatic heterocycles. The predicted octanol–water partition coefficient (Wildman–Crippen LogP) is 1.88. The van der Waals surface area contributed by atoms with E-state index in [1.807, 2.05) is 38.1 Å². The number of carbonyl (C=O) groups excluding carboxylic acids is 3. The van der Waals surface area contributed by atoms with E-state index in [1.54, 1.807) is 14.0 Å². The number of primary amides is 1. The molecule has 9 nitrogen and oxygen atoms in total. The van der Waals surface area contributed by atoms with Gasteiger partial charge < -0.3 is 21.3 Å². The van der Waals surface area contributed by atoms with Crippen LogP contribution in [0.5, 0.6) is 0 Å². The monoisotopic (exact) mass is 438 g/mol. The van der Waals surface area contributed by atoms with Crippen LogP contribution in [0.25, 0.3) is 0 Å². The Kier molecular flexibility index (Phi) is 8.46. The molecule has 3 amide bonds. The van der Waals surface area contributed by atoms with E-state index in [4.69, 9.17) is 5.73 Å². The molecule has 0 aliphatic carbocycles. The molecule has 1 heterocycles. The van der Waals surface area contributed by atoms with Crippen molar-refractivity contribution in [3.8, 4) is 0 Å². The summed E-state index contributed by atoms with van der Waals surface area (Å²) in [5.41, 5.74) is 8.72. The topological polar surface area (TPSA) is 130 Å². The Bertz CT molecular complexity index is 1020. The zero-order chi connectivity index (χ0) is 23.8. The fourth-order valence-corrected chi connectivity index (χ4v) is 3.08. The Morgan fingerprint density at radius 1 is 1.28 bits per heavy atom. The van der Waals surface area contributed by atoms with Gasteiger partial charge in [-0.3, -0.25) is 14.4 Å². The average molecular weight is 439 g/mol. The van der Waals surface area contributed by atoms with Gasteiger partial charge in [0, 0.05) is 19.3 Å². The Labute approximate surface area is 188 Å². The van der Waals surface area contributed by atoms with Crippen molar-refractivity contribution in [3.05, 3.63) is 59.6 Å². The van der Waals surface area contributed by atoms with Crippen molar-refractivity contribution in [2.75, 3.05) is 18.9 Å². The number of likely N-dealkylation sites (N-methyl/N-ethyl adjacent to an activating group) is 1. The molecule has 0 bridgehead atoms. The summed E-state index contributed by atoms with van der Waals surface area (Å²) in [5.74, 6) is -0.902. The van der Waals surface area contributed by atoms with Gasteiger partial charge in [-0.1, -0.05) is 25.6 Å². The van der Waals surface area contributed by atoms with Gasteiger partial charge in [0.1, 0.15) is 6.04 Å². The molecule has 32 heavy (non-hydrogen) atoms. The number of nitrogens with two attached hydrogens (primary N) is 1. The first kappa shape index (κ1) is 24.5.